The van der Waals surface area contributed by atoms with Crippen LogP contribution in [0, 0.1) is 6.92 Å². The van der Waals surface area contributed by atoms with Crippen molar-refractivity contribution in [2.75, 3.05) is 19.8 Å². The van der Waals surface area contributed by atoms with E-state index in [2.05, 4.69) is 5.32 Å². The fourth-order valence-electron chi connectivity index (χ4n) is 1.40. The molecule has 0 aliphatic rings. The molecule has 0 radical (unpaired) electrons. The van der Waals surface area contributed by atoms with Crippen molar-refractivity contribution in [1.82, 2.24) is 5.32 Å². The predicted molar refractivity (Wildman–Crippen MR) is 61.2 cm³/mol. The van der Waals surface area contributed by atoms with Crippen LogP contribution < -0.4 is 5.32 Å². The van der Waals surface area contributed by atoms with E-state index >= 15 is 0 Å². The van der Waals surface area contributed by atoms with Gasteiger partial charge in [-0.05, 0) is 13.0 Å². The number of carboxylic acid groups (broad SMARTS) is 1. The van der Waals surface area contributed by atoms with Gasteiger partial charge in [-0.25, -0.2) is 4.79 Å². The summed E-state index contributed by atoms with van der Waals surface area (Å²) in [4.78, 5) is 10.7. The molecule has 0 atom stereocenters. The Morgan fingerprint density at radius 3 is 2.28 bits per heavy atom. The summed E-state index contributed by atoms with van der Waals surface area (Å²) in [6.45, 7) is 0.459. The number of nitrogens with one attached hydrogen (secondary N) is 1. The summed E-state index contributed by atoms with van der Waals surface area (Å²) in [6.07, 6.45) is 0. The maximum atomic E-state index is 10.7. The van der Waals surface area contributed by atoms with E-state index in [9.17, 15) is 4.79 Å². The van der Waals surface area contributed by atoms with Gasteiger partial charge in [0.25, 0.3) is 0 Å². The summed E-state index contributed by atoms with van der Waals surface area (Å²) in [5.41, 5.74) is -0.611. The Morgan fingerprint density at radius 1 is 1.33 bits per heavy atom. The molecular weight excluding hydrogens is 242 g/mol. The molecule has 102 valence electrons. The third-order valence-corrected chi connectivity index (χ3v) is 2.79. The van der Waals surface area contributed by atoms with Crippen LogP contribution in [0.15, 0.2) is 10.5 Å². The van der Waals surface area contributed by atoms with E-state index in [0.29, 0.717) is 11.3 Å². The van der Waals surface area contributed by atoms with Crippen molar-refractivity contribution in [3.05, 3.63) is 23.2 Å². The fraction of sp³-hybridized carbons (Fsp3) is 0.545. The third kappa shape index (κ3) is 3.08. The van der Waals surface area contributed by atoms with Crippen LogP contribution in [0.5, 0.6) is 0 Å². The minimum atomic E-state index is -1.20. The number of aliphatic hydroxyl groups excluding tert-OH is 3. The van der Waals surface area contributed by atoms with Crippen molar-refractivity contribution < 1.29 is 29.6 Å². The Morgan fingerprint density at radius 2 is 1.89 bits per heavy atom. The van der Waals surface area contributed by atoms with Crippen molar-refractivity contribution in [3.8, 4) is 0 Å². The molecule has 18 heavy (non-hydrogen) atoms. The topological polar surface area (TPSA) is 123 Å². The molecule has 0 unspecified atom stereocenters. The zero-order chi connectivity index (χ0) is 13.8. The lowest BCUT2D eigenvalue weighted by Gasteiger charge is -2.28. The number of carbonyl (C=O) groups is 1. The molecule has 0 amide bonds. The summed E-state index contributed by atoms with van der Waals surface area (Å²) in [5.74, 6) is -0.906. The number of hydrogen-bond donors (Lipinski definition) is 5. The number of aliphatic hydroxyl groups is 3. The minimum Gasteiger partial charge on any atom is -0.475 e. The molecule has 0 aromatic carbocycles. The van der Waals surface area contributed by atoms with Gasteiger partial charge in [0, 0.05) is 12.1 Å². The smallest absolute Gasteiger partial charge is 0.371 e. The SMILES string of the molecule is Cc1oc(C(=O)O)cc1CNC(CO)(CO)CO. The summed E-state index contributed by atoms with van der Waals surface area (Å²) in [6, 6.07) is 1.36. The van der Waals surface area contributed by atoms with Crippen LogP contribution in [-0.4, -0.2) is 51.8 Å². The first-order valence-corrected chi connectivity index (χ1v) is 5.38. The molecule has 0 saturated carbocycles. The van der Waals surface area contributed by atoms with Gasteiger partial charge in [-0.3, -0.25) is 0 Å². The number of rotatable bonds is 7. The Hall–Kier alpha value is -1.41. The lowest BCUT2D eigenvalue weighted by molar-refractivity contribution is 0.0413. The van der Waals surface area contributed by atoms with Crippen LogP contribution in [0.2, 0.25) is 0 Å². The van der Waals surface area contributed by atoms with E-state index in [0.717, 1.165) is 0 Å². The van der Waals surface area contributed by atoms with Crippen LogP contribution in [0.3, 0.4) is 0 Å². The molecule has 5 N–H and O–H groups in total. The van der Waals surface area contributed by atoms with E-state index < -0.39 is 31.3 Å². The molecule has 1 aromatic heterocycles. The summed E-state index contributed by atoms with van der Waals surface area (Å²) < 4.78 is 5.02. The van der Waals surface area contributed by atoms with Gasteiger partial charge in [0.15, 0.2) is 0 Å². The molecule has 0 saturated heterocycles. The first-order chi connectivity index (χ1) is 8.48. The zero-order valence-corrected chi connectivity index (χ0v) is 10.0. The average Bonchev–Trinajstić information content (AvgIpc) is 2.74. The molecule has 7 heteroatoms. The predicted octanol–water partition coefficient (Wildman–Crippen LogP) is -0.908. The van der Waals surface area contributed by atoms with Crippen LogP contribution in [-0.2, 0) is 6.54 Å². The van der Waals surface area contributed by atoms with Gasteiger partial charge in [-0.15, -0.1) is 0 Å². The van der Waals surface area contributed by atoms with E-state index in [1.807, 2.05) is 0 Å². The van der Waals surface area contributed by atoms with Gasteiger partial charge >= 0.3 is 5.97 Å². The highest BCUT2D eigenvalue weighted by Gasteiger charge is 2.27. The van der Waals surface area contributed by atoms with Gasteiger partial charge < -0.3 is 30.2 Å². The molecule has 7 nitrogen and oxygen atoms in total. The highest BCUT2D eigenvalue weighted by atomic mass is 16.4. The van der Waals surface area contributed by atoms with Crippen molar-refractivity contribution >= 4 is 5.97 Å². The van der Waals surface area contributed by atoms with Crippen molar-refractivity contribution in [1.29, 1.82) is 0 Å². The van der Waals surface area contributed by atoms with E-state index in [1.165, 1.54) is 6.07 Å². The highest BCUT2D eigenvalue weighted by molar-refractivity contribution is 5.84. The van der Waals surface area contributed by atoms with Gasteiger partial charge in [0.2, 0.25) is 5.76 Å². The normalized spacial score (nSPS) is 11.8. The Kier molecular flexibility index (Phi) is 4.85. The molecule has 1 rings (SSSR count). The van der Waals surface area contributed by atoms with Crippen LogP contribution in [0.1, 0.15) is 21.9 Å². The standard InChI is InChI=1S/C11H17NO6/c1-7-8(2-9(18-7)10(16)17)3-12-11(4-13,5-14)6-15/h2,12-15H,3-6H2,1H3,(H,16,17). The molecule has 1 aromatic rings. The third-order valence-electron chi connectivity index (χ3n) is 2.79. The Balaban J connectivity index is 2.76. The van der Waals surface area contributed by atoms with Crippen molar-refractivity contribution in [2.45, 2.75) is 19.0 Å². The lowest BCUT2D eigenvalue weighted by Crippen LogP contribution is -2.54. The molecule has 0 bridgehead atoms. The van der Waals surface area contributed by atoms with Crippen LogP contribution >= 0.6 is 0 Å². The van der Waals surface area contributed by atoms with Gasteiger partial charge in [-0.2, -0.15) is 0 Å². The monoisotopic (exact) mass is 259 g/mol. The second-order valence-electron chi connectivity index (χ2n) is 4.11. The van der Waals surface area contributed by atoms with Crippen LogP contribution in [0.4, 0.5) is 0 Å². The average molecular weight is 259 g/mol. The van der Waals surface area contributed by atoms with Gasteiger partial charge in [-0.1, -0.05) is 0 Å². The van der Waals surface area contributed by atoms with Gasteiger partial charge in [0.1, 0.15) is 5.76 Å². The van der Waals surface area contributed by atoms with E-state index in [1.54, 1.807) is 6.92 Å². The van der Waals surface area contributed by atoms with E-state index in [-0.39, 0.29) is 12.3 Å². The van der Waals surface area contributed by atoms with Gasteiger partial charge in [0.05, 0.1) is 25.4 Å². The first kappa shape index (κ1) is 14.7. The summed E-state index contributed by atoms with van der Waals surface area (Å²) >= 11 is 0. The summed E-state index contributed by atoms with van der Waals surface area (Å²) in [5, 5.41) is 38.9. The maximum absolute atomic E-state index is 10.7. The quantitative estimate of drug-likeness (QED) is 0.429. The van der Waals surface area contributed by atoms with E-state index in [4.69, 9.17) is 24.8 Å². The zero-order valence-electron chi connectivity index (χ0n) is 10.0. The second kappa shape index (κ2) is 5.96. The first-order valence-electron chi connectivity index (χ1n) is 5.38. The highest BCUT2D eigenvalue weighted by Crippen LogP contribution is 2.15. The summed E-state index contributed by atoms with van der Waals surface area (Å²) in [7, 11) is 0. The number of aromatic carboxylic acids is 1. The fourth-order valence-corrected chi connectivity index (χ4v) is 1.40. The van der Waals surface area contributed by atoms with Crippen LogP contribution in [0.25, 0.3) is 0 Å². The molecule has 1 heterocycles. The van der Waals surface area contributed by atoms with Crippen molar-refractivity contribution in [3.63, 3.8) is 0 Å². The molecule has 0 aliphatic carbocycles. The minimum absolute atomic E-state index is 0.171. The number of hydrogen-bond acceptors (Lipinski definition) is 6. The lowest BCUT2D eigenvalue weighted by atomic mass is 10.0. The molecule has 0 aliphatic heterocycles. The Labute approximate surface area is 104 Å². The molecular formula is C11H17NO6. The second-order valence-corrected chi connectivity index (χ2v) is 4.11. The number of carboxylic acids is 1. The molecule has 0 fully saturated rings. The number of furan rings is 1. The largest absolute Gasteiger partial charge is 0.475 e. The Bertz CT molecular complexity index is 401. The maximum Gasteiger partial charge on any atom is 0.371 e. The van der Waals surface area contributed by atoms with Crippen molar-refractivity contribution in [2.24, 2.45) is 0 Å². The number of aryl methyl sites for hydroxylation is 1. The molecule has 0 spiro atoms.